The van der Waals surface area contributed by atoms with Crippen LogP contribution in [0, 0.1) is 5.92 Å². The van der Waals surface area contributed by atoms with Crippen LogP contribution < -0.4 is 5.32 Å². The highest BCUT2D eigenvalue weighted by Gasteiger charge is 2.29. The third kappa shape index (κ3) is 3.14. The number of amides is 1. The van der Waals surface area contributed by atoms with Crippen molar-refractivity contribution in [3.05, 3.63) is 35.9 Å². The van der Waals surface area contributed by atoms with Gasteiger partial charge in [-0.1, -0.05) is 52.7 Å². The first-order chi connectivity index (χ1) is 8.72. The van der Waals surface area contributed by atoms with Gasteiger partial charge in [-0.05, 0) is 31.2 Å². The van der Waals surface area contributed by atoms with Crippen molar-refractivity contribution in [3.63, 3.8) is 0 Å². The molecule has 0 bridgehead atoms. The van der Waals surface area contributed by atoms with Gasteiger partial charge in [-0.3, -0.25) is 4.79 Å². The van der Waals surface area contributed by atoms with Crippen LogP contribution in [0.25, 0.3) is 0 Å². The summed E-state index contributed by atoms with van der Waals surface area (Å²) < 4.78 is 0. The van der Waals surface area contributed by atoms with E-state index in [-0.39, 0.29) is 11.8 Å². The summed E-state index contributed by atoms with van der Waals surface area (Å²) in [6.45, 7) is 1.97. The van der Waals surface area contributed by atoms with Gasteiger partial charge in [0.25, 0.3) is 0 Å². The van der Waals surface area contributed by atoms with E-state index in [0.717, 1.165) is 17.3 Å². The Balaban J connectivity index is 1.95. The molecule has 1 aromatic rings. The fourth-order valence-electron chi connectivity index (χ4n) is 2.61. The Morgan fingerprint density at radius 2 is 2.11 bits per heavy atom. The molecule has 0 aliphatic heterocycles. The summed E-state index contributed by atoms with van der Waals surface area (Å²) >= 11 is 3.54. The molecule has 3 unspecified atom stereocenters. The number of alkyl halides is 1. The van der Waals surface area contributed by atoms with Gasteiger partial charge in [0.2, 0.25) is 5.91 Å². The van der Waals surface area contributed by atoms with Crippen molar-refractivity contribution >= 4 is 21.8 Å². The first-order valence-electron chi connectivity index (χ1n) is 6.63. The lowest BCUT2D eigenvalue weighted by molar-refractivity contribution is -0.123. The lowest BCUT2D eigenvalue weighted by Crippen LogP contribution is -2.40. The van der Waals surface area contributed by atoms with E-state index in [9.17, 15) is 4.79 Å². The minimum absolute atomic E-state index is 0.0669. The van der Waals surface area contributed by atoms with Gasteiger partial charge in [0, 0.05) is 11.4 Å². The molecular weight excluding hydrogens is 290 g/mol. The van der Waals surface area contributed by atoms with Crippen molar-refractivity contribution < 1.29 is 4.79 Å². The predicted octanol–water partition coefficient (Wildman–Crippen LogP) is 3.47. The monoisotopic (exact) mass is 309 g/mol. The molecule has 0 saturated heterocycles. The molecule has 3 heteroatoms. The predicted molar refractivity (Wildman–Crippen MR) is 77.9 cm³/mol. The number of halogens is 1. The summed E-state index contributed by atoms with van der Waals surface area (Å²) in [7, 11) is 0. The fraction of sp³-hybridized carbons (Fsp3) is 0.533. The summed E-state index contributed by atoms with van der Waals surface area (Å²) in [5, 5.41) is 4.19. The second-order valence-corrected chi connectivity index (χ2v) is 5.74. The third-order valence-corrected chi connectivity index (χ3v) is 4.71. The molecule has 0 spiro atoms. The Morgan fingerprint density at radius 3 is 2.78 bits per heavy atom. The van der Waals surface area contributed by atoms with Gasteiger partial charge >= 0.3 is 0 Å². The Bertz CT molecular complexity index is 393. The number of benzene rings is 1. The Hall–Kier alpha value is -0.830. The Labute approximate surface area is 117 Å². The standard InChI is InChI=1S/C15H20BrNO/c1-11(12-6-3-2-4-7-12)15(18)17-14-9-5-8-13(14)10-16/h2-4,6-7,11,13-14H,5,8-10H2,1H3,(H,17,18). The smallest absolute Gasteiger partial charge is 0.227 e. The summed E-state index contributed by atoms with van der Waals surface area (Å²) in [5.41, 5.74) is 1.09. The van der Waals surface area contributed by atoms with E-state index in [2.05, 4.69) is 21.2 Å². The molecular formula is C15H20BrNO. The minimum atomic E-state index is -0.0669. The highest BCUT2D eigenvalue weighted by Crippen LogP contribution is 2.28. The number of nitrogens with one attached hydrogen (secondary N) is 1. The Morgan fingerprint density at radius 1 is 1.39 bits per heavy atom. The maximum atomic E-state index is 12.2. The zero-order chi connectivity index (χ0) is 13.0. The van der Waals surface area contributed by atoms with Crippen LogP contribution in [0.15, 0.2) is 30.3 Å². The highest BCUT2D eigenvalue weighted by atomic mass is 79.9. The molecule has 2 nitrogen and oxygen atoms in total. The maximum absolute atomic E-state index is 12.2. The van der Waals surface area contributed by atoms with Crippen LogP contribution >= 0.6 is 15.9 Å². The summed E-state index contributed by atoms with van der Waals surface area (Å²) in [4.78, 5) is 12.2. The topological polar surface area (TPSA) is 29.1 Å². The van der Waals surface area contributed by atoms with E-state index in [4.69, 9.17) is 0 Å². The van der Waals surface area contributed by atoms with Gasteiger partial charge in [0.05, 0.1) is 5.92 Å². The normalized spacial score (nSPS) is 24.8. The first-order valence-corrected chi connectivity index (χ1v) is 7.75. The van der Waals surface area contributed by atoms with E-state index < -0.39 is 0 Å². The molecule has 1 N–H and O–H groups in total. The van der Waals surface area contributed by atoms with Crippen LogP contribution in [-0.4, -0.2) is 17.3 Å². The van der Waals surface area contributed by atoms with E-state index in [1.807, 2.05) is 37.3 Å². The van der Waals surface area contributed by atoms with Gasteiger partial charge < -0.3 is 5.32 Å². The molecule has 18 heavy (non-hydrogen) atoms. The molecule has 1 aliphatic rings. The summed E-state index contributed by atoms with van der Waals surface area (Å²) in [6, 6.07) is 10.3. The number of carbonyl (C=O) groups excluding carboxylic acids is 1. The third-order valence-electron chi connectivity index (χ3n) is 3.88. The van der Waals surface area contributed by atoms with E-state index in [0.29, 0.717) is 12.0 Å². The van der Waals surface area contributed by atoms with Gasteiger partial charge in [-0.25, -0.2) is 0 Å². The molecule has 1 fully saturated rings. The second-order valence-electron chi connectivity index (χ2n) is 5.09. The second kappa shape index (κ2) is 6.37. The largest absolute Gasteiger partial charge is 0.353 e. The highest BCUT2D eigenvalue weighted by molar-refractivity contribution is 9.09. The lowest BCUT2D eigenvalue weighted by Gasteiger charge is -2.21. The van der Waals surface area contributed by atoms with Crippen molar-refractivity contribution in [1.29, 1.82) is 0 Å². The molecule has 2 rings (SSSR count). The van der Waals surface area contributed by atoms with Crippen LogP contribution in [0.4, 0.5) is 0 Å². The maximum Gasteiger partial charge on any atom is 0.227 e. The molecule has 0 aromatic heterocycles. The molecule has 1 aromatic carbocycles. The molecule has 1 saturated carbocycles. The van der Waals surface area contributed by atoms with Gasteiger partial charge in [-0.2, -0.15) is 0 Å². The molecule has 98 valence electrons. The SMILES string of the molecule is CC(C(=O)NC1CCCC1CBr)c1ccccc1. The van der Waals surface area contributed by atoms with Crippen LogP contribution in [0.2, 0.25) is 0 Å². The van der Waals surface area contributed by atoms with Crippen LogP contribution in [0.1, 0.15) is 37.7 Å². The molecule has 0 radical (unpaired) electrons. The van der Waals surface area contributed by atoms with Crippen molar-refractivity contribution in [1.82, 2.24) is 5.32 Å². The zero-order valence-electron chi connectivity index (χ0n) is 10.7. The molecule has 1 aliphatic carbocycles. The van der Waals surface area contributed by atoms with Crippen LogP contribution in [-0.2, 0) is 4.79 Å². The molecule has 0 heterocycles. The van der Waals surface area contributed by atoms with E-state index >= 15 is 0 Å². The summed E-state index contributed by atoms with van der Waals surface area (Å²) in [6.07, 6.45) is 3.56. The van der Waals surface area contributed by atoms with Crippen molar-refractivity contribution in [2.24, 2.45) is 5.92 Å². The van der Waals surface area contributed by atoms with Gasteiger partial charge in [-0.15, -0.1) is 0 Å². The zero-order valence-corrected chi connectivity index (χ0v) is 12.3. The average Bonchev–Trinajstić information content (AvgIpc) is 2.86. The minimum Gasteiger partial charge on any atom is -0.353 e. The van der Waals surface area contributed by atoms with Crippen LogP contribution in [0.3, 0.4) is 0 Å². The van der Waals surface area contributed by atoms with E-state index in [1.54, 1.807) is 0 Å². The Kier molecular flexibility index (Phi) is 4.81. The van der Waals surface area contributed by atoms with Crippen molar-refractivity contribution in [2.75, 3.05) is 5.33 Å². The van der Waals surface area contributed by atoms with Crippen molar-refractivity contribution in [2.45, 2.75) is 38.1 Å². The van der Waals surface area contributed by atoms with Gasteiger partial charge in [0.1, 0.15) is 0 Å². The number of hydrogen-bond donors (Lipinski definition) is 1. The number of carbonyl (C=O) groups is 1. The molecule has 3 atom stereocenters. The quantitative estimate of drug-likeness (QED) is 0.848. The van der Waals surface area contributed by atoms with Gasteiger partial charge in [0.15, 0.2) is 0 Å². The number of rotatable bonds is 4. The number of hydrogen-bond acceptors (Lipinski definition) is 1. The average molecular weight is 310 g/mol. The molecule has 1 amide bonds. The van der Waals surface area contributed by atoms with Crippen molar-refractivity contribution in [3.8, 4) is 0 Å². The van der Waals surface area contributed by atoms with Crippen LogP contribution in [0.5, 0.6) is 0 Å². The summed E-state index contributed by atoms with van der Waals surface area (Å²) in [5.74, 6) is 0.679. The van der Waals surface area contributed by atoms with E-state index in [1.165, 1.54) is 12.8 Å². The lowest BCUT2D eigenvalue weighted by atomic mass is 9.99. The first kappa shape index (κ1) is 13.6. The fourth-order valence-corrected chi connectivity index (χ4v) is 3.39.